The summed E-state index contributed by atoms with van der Waals surface area (Å²) >= 11 is 0. The molecule has 5 heteroatoms. The van der Waals surface area contributed by atoms with Gasteiger partial charge in [-0.2, -0.15) is 0 Å². The van der Waals surface area contributed by atoms with Gasteiger partial charge in [-0.25, -0.2) is 14.5 Å². The first kappa shape index (κ1) is 8.96. The highest BCUT2D eigenvalue weighted by atomic mass is 15.1. The topological polar surface area (TPSA) is 86.2 Å². The minimum absolute atomic E-state index is 0.552. The summed E-state index contributed by atoms with van der Waals surface area (Å²) in [6, 6.07) is 1.96. The first-order chi connectivity index (χ1) is 6.83. The van der Waals surface area contributed by atoms with Crippen molar-refractivity contribution in [1.82, 2.24) is 9.97 Å². The predicted molar refractivity (Wildman–Crippen MR) is 53.1 cm³/mol. The van der Waals surface area contributed by atoms with Gasteiger partial charge in [0.15, 0.2) is 11.3 Å². The Bertz CT molecular complexity index is 434. The van der Waals surface area contributed by atoms with Crippen LogP contribution in [-0.2, 0) is 6.54 Å². The van der Waals surface area contributed by atoms with Crippen LogP contribution in [-0.4, -0.2) is 16.5 Å². The quantitative estimate of drug-likeness (QED) is 0.550. The maximum Gasteiger partial charge on any atom is 0.242 e. The number of imidazole rings is 1. The lowest BCUT2D eigenvalue weighted by Gasteiger charge is -1.94. The van der Waals surface area contributed by atoms with Gasteiger partial charge in [-0.05, 0) is 0 Å². The second kappa shape index (κ2) is 3.63. The van der Waals surface area contributed by atoms with E-state index in [-0.39, 0.29) is 0 Å². The maximum atomic E-state index is 5.73. The number of pyridine rings is 1. The van der Waals surface area contributed by atoms with Gasteiger partial charge in [-0.15, -0.1) is 0 Å². The van der Waals surface area contributed by atoms with Crippen LogP contribution in [0.3, 0.4) is 0 Å². The molecule has 0 aliphatic rings. The van der Waals surface area contributed by atoms with Gasteiger partial charge in [-0.1, -0.05) is 0 Å². The molecule has 0 saturated heterocycles. The molecule has 0 saturated carbocycles. The fraction of sp³-hybridized carbons (Fsp3) is 0.333. The van der Waals surface area contributed by atoms with Crippen molar-refractivity contribution in [2.45, 2.75) is 13.0 Å². The summed E-state index contributed by atoms with van der Waals surface area (Å²) in [5.41, 5.74) is 11.6. The van der Waals surface area contributed by atoms with Crippen LogP contribution >= 0.6 is 0 Å². The summed E-state index contributed by atoms with van der Waals surface area (Å²) in [7, 11) is 0. The van der Waals surface area contributed by atoms with Crippen LogP contribution in [0.15, 0.2) is 18.6 Å². The van der Waals surface area contributed by atoms with Gasteiger partial charge >= 0.3 is 0 Å². The van der Waals surface area contributed by atoms with Crippen molar-refractivity contribution in [3.05, 3.63) is 18.6 Å². The summed E-state index contributed by atoms with van der Waals surface area (Å²) in [4.78, 5) is 7.14. The molecule has 2 aromatic heterocycles. The molecule has 0 unspecified atom stereocenters. The molecule has 14 heavy (non-hydrogen) atoms. The number of aromatic amines is 1. The van der Waals surface area contributed by atoms with Crippen LogP contribution in [0.25, 0.3) is 11.0 Å². The third kappa shape index (κ3) is 1.42. The number of nitrogen functional groups attached to an aromatic ring is 1. The molecule has 0 bridgehead atoms. The van der Waals surface area contributed by atoms with Gasteiger partial charge in [0.1, 0.15) is 0 Å². The molecule has 74 valence electrons. The van der Waals surface area contributed by atoms with Crippen molar-refractivity contribution < 1.29 is 10.3 Å². The van der Waals surface area contributed by atoms with Crippen molar-refractivity contribution in [2.75, 3.05) is 12.3 Å². The van der Waals surface area contributed by atoms with Crippen molar-refractivity contribution in [2.24, 2.45) is 0 Å². The lowest BCUT2D eigenvalue weighted by molar-refractivity contribution is -0.673. The maximum absolute atomic E-state index is 5.73. The van der Waals surface area contributed by atoms with E-state index in [0.717, 1.165) is 30.5 Å². The zero-order chi connectivity index (χ0) is 9.97. The Morgan fingerprint density at radius 1 is 1.57 bits per heavy atom. The molecule has 5 nitrogen and oxygen atoms in total. The van der Waals surface area contributed by atoms with E-state index in [9.17, 15) is 0 Å². The number of hydrogen-bond acceptors (Lipinski definition) is 2. The molecule has 0 spiro atoms. The predicted octanol–water partition coefficient (Wildman–Crippen LogP) is -0.935. The van der Waals surface area contributed by atoms with Crippen LogP contribution in [0.5, 0.6) is 0 Å². The van der Waals surface area contributed by atoms with Crippen molar-refractivity contribution in [3.63, 3.8) is 0 Å². The molecule has 2 heterocycles. The second-order valence-electron chi connectivity index (χ2n) is 3.26. The SMILES string of the molecule is Nc1nccc2c1[nH]c[n+]2CCC[NH3+]. The second-order valence-corrected chi connectivity index (χ2v) is 3.26. The van der Waals surface area contributed by atoms with Gasteiger partial charge in [0.05, 0.1) is 13.1 Å². The number of anilines is 1. The highest BCUT2D eigenvalue weighted by Gasteiger charge is 2.11. The van der Waals surface area contributed by atoms with Crippen LogP contribution < -0.4 is 16.0 Å². The summed E-state index contributed by atoms with van der Waals surface area (Å²) in [5, 5.41) is 0. The fourth-order valence-electron chi connectivity index (χ4n) is 1.53. The van der Waals surface area contributed by atoms with E-state index >= 15 is 0 Å². The van der Waals surface area contributed by atoms with Gasteiger partial charge in [0, 0.05) is 18.7 Å². The van der Waals surface area contributed by atoms with Crippen LogP contribution in [0.1, 0.15) is 6.42 Å². The number of nitrogens with two attached hydrogens (primary N) is 1. The molecule has 0 aliphatic heterocycles. The lowest BCUT2D eigenvalue weighted by Crippen LogP contribution is -2.51. The van der Waals surface area contributed by atoms with Crippen molar-refractivity contribution in [1.29, 1.82) is 0 Å². The zero-order valence-electron chi connectivity index (χ0n) is 8.03. The van der Waals surface area contributed by atoms with E-state index in [1.54, 1.807) is 6.20 Å². The normalized spacial score (nSPS) is 10.9. The van der Waals surface area contributed by atoms with E-state index in [2.05, 4.69) is 20.3 Å². The van der Waals surface area contributed by atoms with E-state index in [4.69, 9.17) is 5.73 Å². The number of nitrogens with zero attached hydrogens (tertiary/aromatic N) is 2. The number of quaternary nitrogens is 1. The average molecular weight is 193 g/mol. The van der Waals surface area contributed by atoms with Crippen molar-refractivity contribution >= 4 is 16.9 Å². The Labute approximate surface area is 81.7 Å². The van der Waals surface area contributed by atoms with Crippen molar-refractivity contribution in [3.8, 4) is 0 Å². The summed E-state index contributed by atoms with van der Waals surface area (Å²) in [5.74, 6) is 0.552. The van der Waals surface area contributed by atoms with Gasteiger partial charge in [-0.3, -0.25) is 0 Å². The number of aryl methyl sites for hydroxylation is 1. The Balaban J connectivity index is 2.42. The van der Waals surface area contributed by atoms with Gasteiger partial charge in [0.2, 0.25) is 11.8 Å². The molecule has 2 aromatic rings. The lowest BCUT2D eigenvalue weighted by atomic mass is 10.3. The largest absolute Gasteiger partial charge is 0.380 e. The fourth-order valence-corrected chi connectivity index (χ4v) is 1.53. The zero-order valence-corrected chi connectivity index (χ0v) is 8.03. The first-order valence-corrected chi connectivity index (χ1v) is 4.73. The Hall–Kier alpha value is -1.62. The molecule has 0 aromatic carbocycles. The minimum atomic E-state index is 0.552. The molecule has 0 amide bonds. The Morgan fingerprint density at radius 2 is 2.43 bits per heavy atom. The molecular weight excluding hydrogens is 178 g/mol. The monoisotopic (exact) mass is 193 g/mol. The van der Waals surface area contributed by atoms with Gasteiger partial charge in [0.25, 0.3) is 0 Å². The van der Waals surface area contributed by atoms with E-state index in [1.165, 1.54) is 0 Å². The van der Waals surface area contributed by atoms with Crippen LogP contribution in [0.4, 0.5) is 5.82 Å². The smallest absolute Gasteiger partial charge is 0.242 e. The van der Waals surface area contributed by atoms with E-state index in [1.807, 2.05) is 12.4 Å². The van der Waals surface area contributed by atoms with E-state index < -0.39 is 0 Å². The molecule has 0 fully saturated rings. The molecule has 2 rings (SSSR count). The van der Waals surface area contributed by atoms with Gasteiger partial charge < -0.3 is 11.5 Å². The number of rotatable bonds is 3. The first-order valence-electron chi connectivity index (χ1n) is 4.73. The number of nitrogens with one attached hydrogen (secondary N) is 1. The highest BCUT2D eigenvalue weighted by molar-refractivity contribution is 5.81. The molecule has 6 N–H and O–H groups in total. The van der Waals surface area contributed by atoms with Crippen LogP contribution in [0, 0.1) is 0 Å². The minimum Gasteiger partial charge on any atom is -0.380 e. The molecule has 0 aliphatic carbocycles. The molecule has 0 atom stereocenters. The average Bonchev–Trinajstić information content (AvgIpc) is 2.60. The summed E-state index contributed by atoms with van der Waals surface area (Å²) in [6.07, 6.45) is 4.73. The number of H-pyrrole nitrogens is 1. The Kier molecular flexibility index (Phi) is 2.32. The number of hydrogen-bond donors (Lipinski definition) is 3. The number of aromatic nitrogens is 3. The third-order valence-corrected chi connectivity index (χ3v) is 2.28. The molecular formula is C9H15N5+2. The highest BCUT2D eigenvalue weighted by Crippen LogP contribution is 2.11. The van der Waals surface area contributed by atoms with Crippen LogP contribution in [0.2, 0.25) is 0 Å². The number of fused-ring (bicyclic) bond motifs is 1. The molecule has 0 radical (unpaired) electrons. The third-order valence-electron chi connectivity index (χ3n) is 2.28. The Morgan fingerprint density at radius 3 is 3.21 bits per heavy atom. The summed E-state index contributed by atoms with van der Waals surface area (Å²) < 4.78 is 2.14. The summed E-state index contributed by atoms with van der Waals surface area (Å²) in [6.45, 7) is 1.91. The van der Waals surface area contributed by atoms with E-state index in [0.29, 0.717) is 5.82 Å². The standard InChI is InChI=1S/C9H13N5/c10-3-1-5-14-6-13-8-7(14)2-4-12-9(8)11/h2,4,6H,1,3,5,10H2,(H2,11,12)/p+2.